The Balaban J connectivity index is 1.86. The van der Waals surface area contributed by atoms with Gasteiger partial charge in [-0.2, -0.15) is 0 Å². The standard InChI is InChI=1S/C22H23N3O4/c1-4-24(5-2)19(26)14-25-18-13-9-8-12-17(18)20(21(25)27)23-29-22(28)16-11-7-6-10-15(16)3/h6-13H,4-5,14H2,1-3H3. The fraction of sp³-hybridized carbons (Fsp3) is 0.273. The van der Waals surface area contributed by atoms with Crippen molar-refractivity contribution >= 4 is 29.2 Å². The van der Waals surface area contributed by atoms with Gasteiger partial charge in [0.1, 0.15) is 6.54 Å². The molecule has 0 aliphatic carbocycles. The highest BCUT2D eigenvalue weighted by atomic mass is 16.7. The molecule has 0 aromatic heterocycles. The first-order chi connectivity index (χ1) is 14.0. The van der Waals surface area contributed by atoms with E-state index in [4.69, 9.17) is 4.84 Å². The zero-order valence-corrected chi connectivity index (χ0v) is 16.7. The third kappa shape index (κ3) is 4.03. The van der Waals surface area contributed by atoms with Crippen LogP contribution in [-0.2, 0) is 14.4 Å². The number of amides is 2. The molecule has 0 fully saturated rings. The van der Waals surface area contributed by atoms with Crippen LogP contribution in [0.2, 0.25) is 0 Å². The molecule has 29 heavy (non-hydrogen) atoms. The van der Waals surface area contributed by atoms with Crippen molar-refractivity contribution in [2.75, 3.05) is 24.5 Å². The lowest BCUT2D eigenvalue weighted by Gasteiger charge is -2.23. The minimum Gasteiger partial charge on any atom is -0.342 e. The van der Waals surface area contributed by atoms with Crippen LogP contribution in [-0.4, -0.2) is 48.0 Å². The lowest BCUT2D eigenvalue weighted by molar-refractivity contribution is -0.130. The second-order valence-electron chi connectivity index (χ2n) is 6.61. The Labute approximate surface area is 169 Å². The molecule has 1 aliphatic rings. The van der Waals surface area contributed by atoms with Crippen LogP contribution >= 0.6 is 0 Å². The molecule has 7 heteroatoms. The number of nitrogens with zero attached hydrogens (tertiary/aromatic N) is 3. The Bertz CT molecular complexity index is 980. The average molecular weight is 393 g/mol. The maximum Gasteiger partial charge on any atom is 0.366 e. The van der Waals surface area contributed by atoms with E-state index in [0.717, 1.165) is 5.56 Å². The summed E-state index contributed by atoms with van der Waals surface area (Å²) in [5.74, 6) is -1.26. The Morgan fingerprint density at radius 1 is 1.03 bits per heavy atom. The number of oxime groups is 1. The minimum atomic E-state index is -0.640. The van der Waals surface area contributed by atoms with Crippen LogP contribution in [0.25, 0.3) is 0 Å². The Morgan fingerprint density at radius 3 is 2.38 bits per heavy atom. The second-order valence-corrected chi connectivity index (χ2v) is 6.61. The third-order valence-corrected chi connectivity index (χ3v) is 4.89. The number of carbonyl (C=O) groups is 3. The lowest BCUT2D eigenvalue weighted by Crippen LogP contribution is -2.42. The van der Waals surface area contributed by atoms with E-state index >= 15 is 0 Å². The van der Waals surface area contributed by atoms with Crippen molar-refractivity contribution in [3.8, 4) is 0 Å². The molecule has 0 bridgehead atoms. The number of fused-ring (bicyclic) bond motifs is 1. The Morgan fingerprint density at radius 2 is 1.69 bits per heavy atom. The van der Waals surface area contributed by atoms with Crippen LogP contribution in [0.4, 0.5) is 5.69 Å². The fourth-order valence-corrected chi connectivity index (χ4v) is 3.26. The van der Waals surface area contributed by atoms with Gasteiger partial charge in [0.15, 0.2) is 5.71 Å². The number of carbonyl (C=O) groups excluding carboxylic acids is 3. The largest absolute Gasteiger partial charge is 0.366 e. The van der Waals surface area contributed by atoms with Gasteiger partial charge in [-0.05, 0) is 38.5 Å². The van der Waals surface area contributed by atoms with Crippen molar-refractivity contribution in [1.82, 2.24) is 4.90 Å². The summed E-state index contributed by atoms with van der Waals surface area (Å²) in [5, 5.41) is 3.86. The minimum absolute atomic E-state index is 0.00915. The number of aryl methyl sites for hydroxylation is 1. The van der Waals surface area contributed by atoms with Crippen LogP contribution in [0.5, 0.6) is 0 Å². The zero-order chi connectivity index (χ0) is 21.0. The summed E-state index contributed by atoms with van der Waals surface area (Å²) >= 11 is 0. The highest BCUT2D eigenvalue weighted by Gasteiger charge is 2.36. The van der Waals surface area contributed by atoms with Gasteiger partial charge >= 0.3 is 5.97 Å². The molecule has 0 saturated heterocycles. The van der Waals surface area contributed by atoms with Crippen LogP contribution in [0.15, 0.2) is 53.7 Å². The summed E-state index contributed by atoms with van der Waals surface area (Å²) < 4.78 is 0. The number of benzene rings is 2. The van der Waals surface area contributed by atoms with E-state index in [1.54, 1.807) is 54.3 Å². The number of rotatable bonds is 6. The fourth-order valence-electron chi connectivity index (χ4n) is 3.26. The topological polar surface area (TPSA) is 79.3 Å². The maximum atomic E-state index is 12.9. The van der Waals surface area contributed by atoms with Crippen molar-refractivity contribution in [2.45, 2.75) is 20.8 Å². The summed E-state index contributed by atoms with van der Waals surface area (Å²) in [6.07, 6.45) is 0. The number of likely N-dealkylation sites (N-methyl/N-ethyl adjacent to an activating group) is 1. The molecule has 0 N–H and O–H groups in total. The molecule has 2 amide bonds. The van der Waals surface area contributed by atoms with Gasteiger partial charge in [0.25, 0.3) is 5.91 Å². The molecule has 0 atom stereocenters. The molecule has 1 aliphatic heterocycles. The monoisotopic (exact) mass is 393 g/mol. The van der Waals surface area contributed by atoms with E-state index in [-0.39, 0.29) is 18.2 Å². The molecular formula is C22H23N3O4. The zero-order valence-electron chi connectivity index (χ0n) is 16.7. The van der Waals surface area contributed by atoms with E-state index in [2.05, 4.69) is 5.16 Å². The van der Waals surface area contributed by atoms with Crippen LogP contribution in [0.3, 0.4) is 0 Å². The predicted molar refractivity (Wildman–Crippen MR) is 110 cm³/mol. The van der Waals surface area contributed by atoms with Crippen LogP contribution in [0, 0.1) is 6.92 Å². The summed E-state index contributed by atoms with van der Waals surface area (Å²) in [7, 11) is 0. The summed E-state index contributed by atoms with van der Waals surface area (Å²) in [4.78, 5) is 45.9. The molecule has 0 spiro atoms. The first-order valence-electron chi connectivity index (χ1n) is 9.51. The van der Waals surface area contributed by atoms with Gasteiger partial charge in [-0.15, -0.1) is 0 Å². The highest BCUT2D eigenvalue weighted by molar-refractivity contribution is 6.54. The molecule has 2 aromatic carbocycles. The van der Waals surface area contributed by atoms with E-state index in [1.165, 1.54) is 4.90 Å². The maximum absolute atomic E-state index is 12.9. The number of hydrogen-bond donors (Lipinski definition) is 0. The lowest BCUT2D eigenvalue weighted by atomic mass is 10.1. The van der Waals surface area contributed by atoms with Gasteiger partial charge < -0.3 is 9.74 Å². The Hall–Kier alpha value is -3.48. The molecule has 1 heterocycles. The van der Waals surface area contributed by atoms with Crippen LogP contribution in [0.1, 0.15) is 35.3 Å². The number of para-hydroxylation sites is 1. The molecule has 2 aromatic rings. The first-order valence-corrected chi connectivity index (χ1v) is 9.51. The molecule has 7 nitrogen and oxygen atoms in total. The SMILES string of the molecule is CCN(CC)C(=O)CN1C(=O)C(=NOC(=O)c2ccccc2C)c2ccccc21. The molecule has 0 unspecified atom stereocenters. The van der Waals surface area contributed by atoms with E-state index < -0.39 is 11.9 Å². The number of anilines is 1. The van der Waals surface area contributed by atoms with Crippen molar-refractivity contribution in [3.63, 3.8) is 0 Å². The predicted octanol–water partition coefficient (Wildman–Crippen LogP) is 2.77. The van der Waals surface area contributed by atoms with E-state index in [9.17, 15) is 14.4 Å². The van der Waals surface area contributed by atoms with Gasteiger partial charge in [0.05, 0.1) is 11.3 Å². The van der Waals surface area contributed by atoms with E-state index in [1.807, 2.05) is 19.9 Å². The molecule has 150 valence electrons. The van der Waals surface area contributed by atoms with E-state index in [0.29, 0.717) is 29.9 Å². The quantitative estimate of drug-likeness (QED) is 0.558. The van der Waals surface area contributed by atoms with Gasteiger partial charge in [0, 0.05) is 18.7 Å². The van der Waals surface area contributed by atoms with Crippen LogP contribution < -0.4 is 4.90 Å². The third-order valence-electron chi connectivity index (χ3n) is 4.89. The molecular weight excluding hydrogens is 370 g/mol. The van der Waals surface area contributed by atoms with Crippen molar-refractivity contribution in [1.29, 1.82) is 0 Å². The summed E-state index contributed by atoms with van der Waals surface area (Å²) in [5.41, 5.74) is 2.24. The molecule has 0 radical (unpaired) electrons. The van der Waals surface area contributed by atoms with Crippen molar-refractivity contribution < 1.29 is 19.2 Å². The molecule has 0 saturated carbocycles. The summed E-state index contributed by atoms with van der Waals surface area (Å²) in [6, 6.07) is 14.0. The average Bonchev–Trinajstić information content (AvgIpc) is 2.99. The van der Waals surface area contributed by atoms with Gasteiger partial charge in [-0.25, -0.2) is 4.79 Å². The van der Waals surface area contributed by atoms with Gasteiger partial charge in [-0.1, -0.05) is 41.6 Å². The second kappa shape index (κ2) is 8.68. The van der Waals surface area contributed by atoms with Gasteiger partial charge in [0.2, 0.25) is 5.91 Å². The number of hydrogen-bond acceptors (Lipinski definition) is 5. The normalized spacial score (nSPS) is 14.1. The smallest absolute Gasteiger partial charge is 0.342 e. The Kier molecular flexibility index (Phi) is 6.07. The van der Waals surface area contributed by atoms with Crippen molar-refractivity contribution in [2.24, 2.45) is 5.16 Å². The van der Waals surface area contributed by atoms with Crippen molar-refractivity contribution in [3.05, 3.63) is 65.2 Å². The summed E-state index contributed by atoms with van der Waals surface area (Å²) in [6.45, 7) is 6.60. The molecule has 3 rings (SSSR count). The highest BCUT2D eigenvalue weighted by Crippen LogP contribution is 2.29. The first kappa shape index (κ1) is 20.3. The van der Waals surface area contributed by atoms with Gasteiger partial charge in [-0.3, -0.25) is 14.5 Å².